The van der Waals surface area contributed by atoms with Crippen molar-refractivity contribution in [2.24, 2.45) is 0 Å². The van der Waals surface area contributed by atoms with E-state index in [1.54, 1.807) is 13.1 Å². The van der Waals surface area contributed by atoms with Gasteiger partial charge in [0.25, 0.3) is 0 Å². The highest BCUT2D eigenvalue weighted by atomic mass is 16.5. The normalized spacial score (nSPS) is 13.9. The summed E-state index contributed by atoms with van der Waals surface area (Å²) in [6.45, 7) is 1.91. The Balaban J connectivity index is 1.43. The van der Waals surface area contributed by atoms with Crippen LogP contribution in [0, 0.1) is 0 Å². The molecule has 0 aliphatic heterocycles. The maximum Gasteiger partial charge on any atom is 0.407 e. The van der Waals surface area contributed by atoms with Gasteiger partial charge < -0.3 is 25.5 Å². The molecule has 4 N–H and O–H groups in total. The van der Waals surface area contributed by atoms with Crippen LogP contribution in [0.15, 0.2) is 61.1 Å². The maximum absolute atomic E-state index is 12.9. The lowest BCUT2D eigenvalue weighted by Gasteiger charge is -2.22. The zero-order valence-corrected chi connectivity index (χ0v) is 19.4. The van der Waals surface area contributed by atoms with Crippen LogP contribution in [0.5, 0.6) is 0 Å². The fourth-order valence-corrected chi connectivity index (χ4v) is 4.42. The Bertz CT molecular complexity index is 1150. The van der Waals surface area contributed by atoms with E-state index in [9.17, 15) is 14.4 Å². The molecule has 0 saturated carbocycles. The number of aromatic amines is 1. The number of carbonyl (C=O) groups is 3. The number of amides is 2. The number of benzene rings is 2. The van der Waals surface area contributed by atoms with E-state index in [2.05, 4.69) is 32.7 Å². The van der Waals surface area contributed by atoms with Crippen LogP contribution < -0.4 is 10.6 Å². The lowest BCUT2D eigenvalue weighted by molar-refractivity contribution is -0.137. The third-order valence-corrected chi connectivity index (χ3v) is 6.19. The van der Waals surface area contributed by atoms with Crippen molar-refractivity contribution in [1.29, 1.82) is 0 Å². The van der Waals surface area contributed by atoms with Crippen LogP contribution in [0.1, 0.15) is 42.5 Å². The number of ether oxygens (including phenoxy) is 1. The molecule has 2 atom stereocenters. The van der Waals surface area contributed by atoms with E-state index in [-0.39, 0.29) is 25.4 Å². The van der Waals surface area contributed by atoms with Crippen LogP contribution in [0.2, 0.25) is 0 Å². The third-order valence-electron chi connectivity index (χ3n) is 6.19. The van der Waals surface area contributed by atoms with Gasteiger partial charge in [0, 0.05) is 30.3 Å². The summed E-state index contributed by atoms with van der Waals surface area (Å²) in [5.74, 6) is -1.60. The zero-order valence-electron chi connectivity index (χ0n) is 19.4. The Kier molecular flexibility index (Phi) is 7.45. The predicted octanol–water partition coefficient (Wildman–Crippen LogP) is 3.23. The van der Waals surface area contributed by atoms with E-state index < -0.39 is 30.1 Å². The second kappa shape index (κ2) is 10.9. The van der Waals surface area contributed by atoms with Gasteiger partial charge in [-0.1, -0.05) is 55.5 Å². The number of hydrogen-bond donors (Lipinski definition) is 4. The van der Waals surface area contributed by atoms with Gasteiger partial charge in [-0.15, -0.1) is 0 Å². The van der Waals surface area contributed by atoms with Crippen LogP contribution in [-0.2, 0) is 20.7 Å². The van der Waals surface area contributed by atoms with Gasteiger partial charge in [-0.05, 0) is 28.7 Å². The molecule has 1 unspecified atom stereocenters. The fourth-order valence-electron chi connectivity index (χ4n) is 4.42. The van der Waals surface area contributed by atoms with Gasteiger partial charge in [-0.2, -0.15) is 0 Å². The number of aromatic nitrogens is 2. The molecule has 0 fully saturated rings. The van der Waals surface area contributed by atoms with Gasteiger partial charge >= 0.3 is 12.1 Å². The summed E-state index contributed by atoms with van der Waals surface area (Å²) in [4.78, 5) is 43.7. The SMILES string of the molecule is CC[C@H](CC(=O)O)NC(=O)C(Cc1cnc[nH]1)NC(=O)OCC1c2ccccc2-c2ccccc21. The average Bonchev–Trinajstić information content (AvgIpc) is 3.47. The lowest BCUT2D eigenvalue weighted by Crippen LogP contribution is -2.51. The number of H-pyrrole nitrogens is 1. The molecule has 0 spiro atoms. The second-order valence-corrected chi connectivity index (χ2v) is 8.52. The molecule has 1 aliphatic rings. The van der Waals surface area contributed by atoms with E-state index in [1.165, 1.54) is 6.33 Å². The van der Waals surface area contributed by atoms with Gasteiger partial charge in [0.05, 0.1) is 12.7 Å². The number of alkyl carbamates (subject to hydrolysis) is 1. The largest absolute Gasteiger partial charge is 0.481 e. The van der Waals surface area contributed by atoms with Gasteiger partial charge in [0.15, 0.2) is 0 Å². The number of nitrogens with one attached hydrogen (secondary N) is 3. The first-order valence-electron chi connectivity index (χ1n) is 11.6. The van der Waals surface area contributed by atoms with Crippen molar-refractivity contribution < 1.29 is 24.2 Å². The zero-order chi connectivity index (χ0) is 24.8. The highest BCUT2D eigenvalue weighted by molar-refractivity contribution is 5.86. The van der Waals surface area contributed by atoms with Crippen LogP contribution in [0.3, 0.4) is 0 Å². The Hall–Kier alpha value is -4.14. The van der Waals surface area contributed by atoms with E-state index in [0.717, 1.165) is 22.3 Å². The second-order valence-electron chi connectivity index (χ2n) is 8.52. The summed E-state index contributed by atoms with van der Waals surface area (Å²) in [6.07, 6.45) is 2.71. The summed E-state index contributed by atoms with van der Waals surface area (Å²) in [5.41, 5.74) is 5.08. The molecule has 4 rings (SSSR count). The molecular formula is C26H28N4O5. The molecular weight excluding hydrogens is 448 g/mol. The summed E-state index contributed by atoms with van der Waals surface area (Å²) < 4.78 is 5.59. The van der Waals surface area contributed by atoms with Crippen LogP contribution in [0.4, 0.5) is 4.79 Å². The van der Waals surface area contributed by atoms with Crippen molar-refractivity contribution in [2.75, 3.05) is 6.61 Å². The highest BCUT2D eigenvalue weighted by Gasteiger charge is 2.30. The molecule has 0 radical (unpaired) electrons. The molecule has 182 valence electrons. The number of carboxylic acid groups (broad SMARTS) is 1. The molecule has 2 amide bonds. The summed E-state index contributed by atoms with van der Waals surface area (Å²) in [5, 5.41) is 14.4. The van der Waals surface area contributed by atoms with Gasteiger partial charge in [0.1, 0.15) is 12.6 Å². The van der Waals surface area contributed by atoms with E-state index in [0.29, 0.717) is 12.1 Å². The topological polar surface area (TPSA) is 133 Å². The van der Waals surface area contributed by atoms with Gasteiger partial charge in [0.2, 0.25) is 5.91 Å². The number of fused-ring (bicyclic) bond motifs is 3. The molecule has 0 bridgehead atoms. The third kappa shape index (κ3) is 5.68. The van der Waals surface area contributed by atoms with Crippen molar-refractivity contribution in [3.8, 4) is 11.1 Å². The Labute approximate surface area is 202 Å². The number of hydrogen-bond acceptors (Lipinski definition) is 5. The summed E-state index contributed by atoms with van der Waals surface area (Å²) in [7, 11) is 0. The monoisotopic (exact) mass is 476 g/mol. The molecule has 1 aliphatic carbocycles. The van der Waals surface area contributed by atoms with Gasteiger partial charge in [-0.25, -0.2) is 9.78 Å². The number of aliphatic carboxylic acids is 1. The molecule has 3 aromatic rings. The first-order chi connectivity index (χ1) is 17.0. The average molecular weight is 477 g/mol. The number of nitrogens with zero attached hydrogens (tertiary/aromatic N) is 1. The van der Waals surface area contributed by atoms with E-state index in [4.69, 9.17) is 9.84 Å². The molecule has 0 saturated heterocycles. The van der Waals surface area contributed by atoms with Crippen molar-refractivity contribution in [3.63, 3.8) is 0 Å². The molecule has 35 heavy (non-hydrogen) atoms. The van der Waals surface area contributed by atoms with Crippen molar-refractivity contribution in [2.45, 2.75) is 44.2 Å². The number of imidazole rings is 1. The van der Waals surface area contributed by atoms with Crippen molar-refractivity contribution in [1.82, 2.24) is 20.6 Å². The first kappa shape index (κ1) is 24.0. The van der Waals surface area contributed by atoms with Crippen LogP contribution in [0.25, 0.3) is 11.1 Å². The minimum atomic E-state index is -1.01. The molecule has 9 heteroatoms. The quantitative estimate of drug-likeness (QED) is 0.355. The van der Waals surface area contributed by atoms with Crippen LogP contribution >= 0.6 is 0 Å². The fraction of sp³-hybridized carbons (Fsp3) is 0.308. The number of carboxylic acids is 1. The Morgan fingerprint density at radius 3 is 2.29 bits per heavy atom. The van der Waals surface area contributed by atoms with E-state index in [1.807, 2.05) is 36.4 Å². The lowest BCUT2D eigenvalue weighted by atomic mass is 9.98. The first-order valence-corrected chi connectivity index (χ1v) is 11.6. The van der Waals surface area contributed by atoms with Crippen molar-refractivity contribution >= 4 is 18.0 Å². The number of carbonyl (C=O) groups excluding carboxylic acids is 2. The van der Waals surface area contributed by atoms with E-state index >= 15 is 0 Å². The smallest absolute Gasteiger partial charge is 0.407 e. The van der Waals surface area contributed by atoms with Crippen LogP contribution in [-0.4, -0.2) is 51.7 Å². The Morgan fingerprint density at radius 1 is 1.06 bits per heavy atom. The number of rotatable bonds is 10. The van der Waals surface area contributed by atoms with Gasteiger partial charge in [-0.3, -0.25) is 9.59 Å². The summed E-state index contributed by atoms with van der Waals surface area (Å²) in [6, 6.07) is 14.6. The molecule has 9 nitrogen and oxygen atoms in total. The standard InChI is InChI=1S/C26H28N4O5/c1-2-16(12-24(31)32)29-25(33)23(11-17-13-27-15-28-17)30-26(34)35-14-22-20-9-5-3-7-18(20)19-8-4-6-10-21(19)22/h3-10,13,15-16,22-23H,2,11-12,14H2,1H3,(H,27,28)(H,29,33)(H,30,34)(H,31,32)/t16-,23?/m1/s1. The molecule has 1 aromatic heterocycles. The minimum Gasteiger partial charge on any atom is -0.481 e. The minimum absolute atomic E-state index is 0.104. The Morgan fingerprint density at radius 2 is 1.71 bits per heavy atom. The highest BCUT2D eigenvalue weighted by Crippen LogP contribution is 2.44. The molecule has 1 heterocycles. The predicted molar refractivity (Wildman–Crippen MR) is 129 cm³/mol. The summed E-state index contributed by atoms with van der Waals surface area (Å²) >= 11 is 0. The molecule has 2 aromatic carbocycles. The maximum atomic E-state index is 12.9. The van der Waals surface area contributed by atoms with Crippen molar-refractivity contribution in [3.05, 3.63) is 77.9 Å².